The van der Waals surface area contributed by atoms with Gasteiger partial charge in [-0.3, -0.25) is 4.90 Å². The molecule has 0 aromatic carbocycles. The summed E-state index contributed by atoms with van der Waals surface area (Å²) in [5.41, 5.74) is -0.111. The molecule has 1 aliphatic carbocycles. The summed E-state index contributed by atoms with van der Waals surface area (Å²) in [7, 11) is 0.416. The molecule has 1 N–H and O–H groups in total. The van der Waals surface area contributed by atoms with Crippen LogP contribution in [-0.4, -0.2) is 80.3 Å². The molecular formula is C14H30N4O2S. The lowest BCUT2D eigenvalue weighted by Gasteiger charge is -2.45. The summed E-state index contributed by atoms with van der Waals surface area (Å²) in [5, 5.41) is 3.42. The highest BCUT2D eigenvalue weighted by Crippen LogP contribution is 2.22. The molecule has 7 heteroatoms. The van der Waals surface area contributed by atoms with E-state index in [2.05, 4.69) is 31.1 Å². The summed E-state index contributed by atoms with van der Waals surface area (Å²) in [6, 6.07) is 0.686. The maximum Gasteiger partial charge on any atom is 0.281 e. The van der Waals surface area contributed by atoms with Gasteiger partial charge in [-0.05, 0) is 46.7 Å². The summed E-state index contributed by atoms with van der Waals surface area (Å²) in [6.45, 7) is 7.57. The van der Waals surface area contributed by atoms with Crippen LogP contribution in [0.2, 0.25) is 0 Å². The Labute approximate surface area is 129 Å². The molecule has 1 saturated carbocycles. The van der Waals surface area contributed by atoms with E-state index in [1.54, 1.807) is 11.4 Å². The van der Waals surface area contributed by atoms with Gasteiger partial charge in [0.25, 0.3) is 10.2 Å². The molecule has 1 heterocycles. The third-order valence-corrected chi connectivity index (χ3v) is 6.60. The first-order valence-corrected chi connectivity index (χ1v) is 9.29. The molecule has 124 valence electrons. The van der Waals surface area contributed by atoms with Gasteiger partial charge in [-0.25, -0.2) is 0 Å². The number of rotatable bonds is 7. The highest BCUT2D eigenvalue weighted by molar-refractivity contribution is 7.86. The van der Waals surface area contributed by atoms with E-state index in [1.807, 2.05) is 0 Å². The Kier molecular flexibility index (Phi) is 5.31. The van der Waals surface area contributed by atoms with Crippen molar-refractivity contribution in [2.75, 3.05) is 46.8 Å². The first kappa shape index (κ1) is 17.1. The van der Waals surface area contributed by atoms with Crippen molar-refractivity contribution in [3.8, 4) is 0 Å². The second kappa shape index (κ2) is 6.50. The minimum atomic E-state index is -3.33. The first-order chi connectivity index (χ1) is 9.73. The molecule has 0 atom stereocenters. The summed E-state index contributed by atoms with van der Waals surface area (Å²) >= 11 is 0. The van der Waals surface area contributed by atoms with Crippen LogP contribution in [0.1, 0.15) is 33.1 Å². The monoisotopic (exact) mass is 318 g/mol. The second-order valence-electron chi connectivity index (χ2n) is 6.98. The Morgan fingerprint density at radius 2 is 1.95 bits per heavy atom. The van der Waals surface area contributed by atoms with Crippen LogP contribution in [0.3, 0.4) is 0 Å². The van der Waals surface area contributed by atoms with E-state index in [-0.39, 0.29) is 5.54 Å². The number of hydrogen-bond acceptors (Lipinski definition) is 4. The third-order valence-electron chi connectivity index (χ3n) is 4.66. The van der Waals surface area contributed by atoms with Gasteiger partial charge in [-0.15, -0.1) is 0 Å². The lowest BCUT2D eigenvalue weighted by Crippen LogP contribution is -2.60. The van der Waals surface area contributed by atoms with E-state index >= 15 is 0 Å². The molecule has 0 unspecified atom stereocenters. The van der Waals surface area contributed by atoms with E-state index in [0.29, 0.717) is 25.7 Å². The quantitative estimate of drug-likeness (QED) is 0.688. The van der Waals surface area contributed by atoms with Crippen molar-refractivity contribution in [1.29, 1.82) is 0 Å². The van der Waals surface area contributed by atoms with Crippen LogP contribution in [0, 0.1) is 0 Å². The highest BCUT2D eigenvalue weighted by Gasteiger charge is 2.38. The van der Waals surface area contributed by atoms with Crippen LogP contribution >= 0.6 is 0 Å². The lowest BCUT2D eigenvalue weighted by atomic mass is 10.0. The molecule has 0 aromatic heterocycles. The third kappa shape index (κ3) is 4.39. The van der Waals surface area contributed by atoms with E-state index in [4.69, 9.17) is 0 Å². The van der Waals surface area contributed by atoms with E-state index in [9.17, 15) is 8.42 Å². The molecule has 1 aliphatic heterocycles. The highest BCUT2D eigenvalue weighted by atomic mass is 32.2. The second-order valence-corrected chi connectivity index (χ2v) is 9.01. The van der Waals surface area contributed by atoms with Crippen molar-refractivity contribution in [3.05, 3.63) is 0 Å². The number of nitrogens with zero attached hydrogens (tertiary/aromatic N) is 3. The van der Waals surface area contributed by atoms with Gasteiger partial charge < -0.3 is 5.32 Å². The number of hydrogen-bond donors (Lipinski definition) is 1. The summed E-state index contributed by atoms with van der Waals surface area (Å²) in [4.78, 5) is 2.22. The predicted molar refractivity (Wildman–Crippen MR) is 85.5 cm³/mol. The standard InChI is InChI=1S/C14H30N4O2S/c1-14(2)12-18(11-10-16(14)3)21(19,20)17(4)9-5-8-15-13-6-7-13/h13,15H,5-12H2,1-4H3. The number of piperazine rings is 1. The van der Waals surface area contributed by atoms with Crippen LogP contribution in [0.5, 0.6) is 0 Å². The van der Waals surface area contributed by atoms with Crippen LogP contribution in [0.15, 0.2) is 0 Å². The largest absolute Gasteiger partial charge is 0.314 e. The molecule has 6 nitrogen and oxygen atoms in total. The maximum absolute atomic E-state index is 12.6. The predicted octanol–water partition coefficient (Wildman–Crippen LogP) is 0.331. The van der Waals surface area contributed by atoms with Gasteiger partial charge in [0.15, 0.2) is 0 Å². The van der Waals surface area contributed by atoms with Crippen molar-refractivity contribution in [2.24, 2.45) is 0 Å². The summed E-state index contributed by atoms with van der Waals surface area (Å²) in [6.07, 6.45) is 3.40. The molecular weight excluding hydrogens is 288 g/mol. The van der Waals surface area contributed by atoms with Gasteiger partial charge in [0.2, 0.25) is 0 Å². The van der Waals surface area contributed by atoms with Crippen LogP contribution in [-0.2, 0) is 10.2 Å². The molecule has 0 spiro atoms. The van der Waals surface area contributed by atoms with Crippen molar-refractivity contribution in [3.63, 3.8) is 0 Å². The van der Waals surface area contributed by atoms with E-state index in [1.165, 1.54) is 17.1 Å². The van der Waals surface area contributed by atoms with Gasteiger partial charge in [0.05, 0.1) is 0 Å². The van der Waals surface area contributed by atoms with Gasteiger partial charge in [0, 0.05) is 44.8 Å². The Balaban J connectivity index is 1.84. The Hall–Kier alpha value is -0.210. The Morgan fingerprint density at radius 3 is 2.52 bits per heavy atom. The SMILES string of the molecule is CN1CCN(S(=O)(=O)N(C)CCCNC2CC2)CC1(C)C. The summed E-state index contributed by atoms with van der Waals surface area (Å²) in [5.74, 6) is 0. The number of likely N-dealkylation sites (N-methyl/N-ethyl adjacent to an activating group) is 1. The topological polar surface area (TPSA) is 55.9 Å². The van der Waals surface area contributed by atoms with Gasteiger partial charge in [-0.1, -0.05) is 0 Å². The zero-order chi connectivity index (χ0) is 15.7. The molecule has 0 bridgehead atoms. The van der Waals surface area contributed by atoms with Gasteiger partial charge in [0.1, 0.15) is 0 Å². The fraction of sp³-hybridized carbons (Fsp3) is 1.00. The normalized spacial score (nSPS) is 24.6. The minimum absolute atomic E-state index is 0.111. The molecule has 0 aromatic rings. The molecule has 2 aliphatic rings. The fourth-order valence-electron chi connectivity index (χ4n) is 2.60. The minimum Gasteiger partial charge on any atom is -0.314 e. The molecule has 0 radical (unpaired) electrons. The van der Waals surface area contributed by atoms with Gasteiger partial charge in [-0.2, -0.15) is 17.0 Å². The lowest BCUT2D eigenvalue weighted by molar-refractivity contribution is 0.0773. The number of nitrogens with one attached hydrogen (secondary N) is 1. The Morgan fingerprint density at radius 1 is 1.29 bits per heavy atom. The fourth-order valence-corrected chi connectivity index (χ4v) is 4.15. The van der Waals surface area contributed by atoms with Crippen LogP contribution in [0.25, 0.3) is 0 Å². The molecule has 0 amide bonds. The smallest absolute Gasteiger partial charge is 0.281 e. The molecule has 1 saturated heterocycles. The average Bonchev–Trinajstić information content (AvgIpc) is 3.21. The van der Waals surface area contributed by atoms with Crippen molar-refractivity contribution in [1.82, 2.24) is 18.8 Å². The zero-order valence-electron chi connectivity index (χ0n) is 13.8. The maximum atomic E-state index is 12.6. The van der Waals surface area contributed by atoms with Crippen LogP contribution in [0.4, 0.5) is 0 Å². The van der Waals surface area contributed by atoms with Crippen molar-refractivity contribution < 1.29 is 8.42 Å². The molecule has 21 heavy (non-hydrogen) atoms. The first-order valence-electron chi connectivity index (χ1n) is 7.89. The average molecular weight is 318 g/mol. The molecule has 2 fully saturated rings. The van der Waals surface area contributed by atoms with E-state index < -0.39 is 10.2 Å². The van der Waals surface area contributed by atoms with Gasteiger partial charge >= 0.3 is 0 Å². The zero-order valence-corrected chi connectivity index (χ0v) is 14.6. The van der Waals surface area contributed by atoms with Crippen molar-refractivity contribution in [2.45, 2.75) is 44.7 Å². The summed E-state index contributed by atoms with van der Waals surface area (Å²) < 4.78 is 28.4. The Bertz CT molecular complexity index is 448. The van der Waals surface area contributed by atoms with E-state index in [0.717, 1.165) is 19.5 Å². The van der Waals surface area contributed by atoms with Crippen LogP contribution < -0.4 is 5.32 Å². The van der Waals surface area contributed by atoms with Crippen molar-refractivity contribution >= 4 is 10.2 Å². The molecule has 2 rings (SSSR count).